The summed E-state index contributed by atoms with van der Waals surface area (Å²) >= 11 is 6.15. The van der Waals surface area contributed by atoms with Crippen molar-refractivity contribution in [1.82, 2.24) is 13.7 Å². The van der Waals surface area contributed by atoms with Gasteiger partial charge in [-0.2, -0.15) is 4.31 Å². The summed E-state index contributed by atoms with van der Waals surface area (Å²) < 4.78 is 34.1. The largest absolute Gasteiger partial charge is 0.379 e. The highest BCUT2D eigenvalue weighted by Crippen LogP contribution is 2.28. The van der Waals surface area contributed by atoms with Gasteiger partial charge in [0, 0.05) is 37.4 Å². The summed E-state index contributed by atoms with van der Waals surface area (Å²) in [7, 11) is -3.78. The Morgan fingerprint density at radius 2 is 1.96 bits per heavy atom. The summed E-state index contributed by atoms with van der Waals surface area (Å²) in [6.07, 6.45) is 5.03. The highest BCUT2D eigenvalue weighted by Gasteiger charge is 2.28. The maximum atomic E-state index is 12.9. The molecule has 0 radical (unpaired) electrons. The lowest BCUT2D eigenvalue weighted by molar-refractivity contribution is 0.0730. The molecule has 2 aromatic heterocycles. The third-order valence-corrected chi connectivity index (χ3v) is 6.81. The quantitative estimate of drug-likeness (QED) is 0.698. The third-order valence-electron chi connectivity index (χ3n) is 4.43. The number of nitrogens with one attached hydrogen (secondary N) is 1. The highest BCUT2D eigenvalue weighted by molar-refractivity contribution is 7.89. The van der Waals surface area contributed by atoms with E-state index in [0.29, 0.717) is 24.5 Å². The number of anilines is 1. The van der Waals surface area contributed by atoms with Crippen LogP contribution in [0.15, 0.2) is 53.8 Å². The zero-order valence-corrected chi connectivity index (χ0v) is 16.3. The van der Waals surface area contributed by atoms with E-state index in [2.05, 4.69) is 10.3 Å². The topological polar surface area (TPSA) is 93.0 Å². The van der Waals surface area contributed by atoms with Crippen LogP contribution in [0.2, 0.25) is 5.02 Å². The number of pyridine rings is 1. The number of morpholine rings is 1. The molecule has 28 heavy (non-hydrogen) atoms. The Morgan fingerprint density at radius 3 is 2.75 bits per heavy atom. The molecule has 0 saturated carbocycles. The summed E-state index contributed by atoms with van der Waals surface area (Å²) in [6, 6.07) is 7.78. The molecule has 1 aliphatic heterocycles. The van der Waals surface area contributed by atoms with E-state index in [0.717, 1.165) is 5.65 Å². The first-order chi connectivity index (χ1) is 13.4. The number of sulfonamides is 1. The molecule has 1 aliphatic rings. The van der Waals surface area contributed by atoms with Gasteiger partial charge in [-0.3, -0.25) is 4.79 Å². The van der Waals surface area contributed by atoms with Crippen LogP contribution in [0.5, 0.6) is 0 Å². The standard InChI is InChI=1S/C18H17ClN4O4S/c19-15-3-2-14(11-16(15)28(25,26)23-7-9-27-10-8-23)21-18(24)13-1-4-17-20-5-6-22(17)12-13/h1-6,11-12H,7-10H2,(H,21,24). The van der Waals surface area contributed by atoms with Crippen LogP contribution in [0.4, 0.5) is 5.69 Å². The Kier molecular flexibility index (Phi) is 5.07. The van der Waals surface area contributed by atoms with Crippen LogP contribution in [0, 0.1) is 0 Å². The van der Waals surface area contributed by atoms with E-state index in [-0.39, 0.29) is 28.9 Å². The van der Waals surface area contributed by atoms with Crippen molar-refractivity contribution in [2.24, 2.45) is 0 Å². The Hall–Kier alpha value is -2.46. The minimum absolute atomic E-state index is 0.0427. The smallest absolute Gasteiger partial charge is 0.257 e. The van der Waals surface area contributed by atoms with E-state index < -0.39 is 10.0 Å². The summed E-state index contributed by atoms with van der Waals surface area (Å²) in [4.78, 5) is 16.7. The molecule has 0 unspecified atom stereocenters. The van der Waals surface area contributed by atoms with E-state index in [4.69, 9.17) is 16.3 Å². The zero-order valence-electron chi connectivity index (χ0n) is 14.7. The number of imidazole rings is 1. The van der Waals surface area contributed by atoms with Crippen molar-refractivity contribution >= 4 is 38.9 Å². The number of ether oxygens (including phenoxy) is 1. The van der Waals surface area contributed by atoms with Crippen molar-refractivity contribution in [2.45, 2.75) is 4.90 Å². The first kappa shape index (κ1) is 18.9. The number of nitrogens with zero attached hydrogens (tertiary/aromatic N) is 3. The number of aromatic nitrogens is 2. The molecule has 4 rings (SSSR count). The fraction of sp³-hybridized carbons (Fsp3) is 0.222. The fourth-order valence-corrected chi connectivity index (χ4v) is 4.87. The monoisotopic (exact) mass is 420 g/mol. The number of fused-ring (bicyclic) bond motifs is 1. The second-order valence-electron chi connectivity index (χ2n) is 6.23. The van der Waals surface area contributed by atoms with E-state index >= 15 is 0 Å². The SMILES string of the molecule is O=C(Nc1ccc(Cl)c(S(=O)(=O)N2CCOCC2)c1)c1ccc2nccn2c1. The molecule has 1 saturated heterocycles. The number of benzene rings is 1. The minimum Gasteiger partial charge on any atom is -0.379 e. The molecular weight excluding hydrogens is 404 g/mol. The lowest BCUT2D eigenvalue weighted by atomic mass is 10.2. The van der Waals surface area contributed by atoms with Crippen LogP contribution in [-0.2, 0) is 14.8 Å². The number of halogens is 1. The fourth-order valence-electron chi connectivity index (χ4n) is 2.96. The summed E-state index contributed by atoms with van der Waals surface area (Å²) in [5.74, 6) is -0.368. The predicted octanol–water partition coefficient (Wildman–Crippen LogP) is 2.26. The van der Waals surface area contributed by atoms with Gasteiger partial charge in [-0.25, -0.2) is 13.4 Å². The zero-order chi connectivity index (χ0) is 19.7. The Bertz CT molecular complexity index is 1140. The molecule has 1 N–H and O–H groups in total. The van der Waals surface area contributed by atoms with Gasteiger partial charge in [0.25, 0.3) is 5.91 Å². The Morgan fingerprint density at radius 1 is 1.18 bits per heavy atom. The molecular formula is C18H17ClN4O4S. The first-order valence-corrected chi connectivity index (χ1v) is 10.4. The van der Waals surface area contributed by atoms with E-state index in [1.54, 1.807) is 41.2 Å². The van der Waals surface area contributed by atoms with Crippen LogP contribution in [0.3, 0.4) is 0 Å². The van der Waals surface area contributed by atoms with E-state index in [1.165, 1.54) is 16.4 Å². The van der Waals surface area contributed by atoms with Crippen molar-refractivity contribution < 1.29 is 17.9 Å². The third kappa shape index (κ3) is 3.61. The number of rotatable bonds is 4. The minimum atomic E-state index is -3.78. The lowest BCUT2D eigenvalue weighted by Gasteiger charge is -2.26. The van der Waals surface area contributed by atoms with Crippen LogP contribution < -0.4 is 5.32 Å². The van der Waals surface area contributed by atoms with Crippen molar-refractivity contribution in [3.05, 3.63) is 59.5 Å². The molecule has 0 atom stereocenters. The maximum Gasteiger partial charge on any atom is 0.257 e. The van der Waals surface area contributed by atoms with E-state index in [1.807, 2.05) is 0 Å². The molecule has 0 aliphatic carbocycles. The molecule has 0 spiro atoms. The van der Waals surface area contributed by atoms with Gasteiger partial charge < -0.3 is 14.5 Å². The van der Waals surface area contributed by atoms with Gasteiger partial charge in [0.1, 0.15) is 10.5 Å². The van der Waals surface area contributed by atoms with Crippen molar-refractivity contribution in [2.75, 3.05) is 31.6 Å². The van der Waals surface area contributed by atoms with E-state index in [9.17, 15) is 13.2 Å². The normalized spacial score (nSPS) is 15.6. The van der Waals surface area contributed by atoms with Crippen LogP contribution in [-0.4, -0.2) is 54.3 Å². The molecule has 1 fully saturated rings. The van der Waals surface area contributed by atoms with Crippen LogP contribution in [0.25, 0.3) is 5.65 Å². The molecule has 10 heteroatoms. The van der Waals surface area contributed by atoms with Gasteiger partial charge in [-0.1, -0.05) is 11.6 Å². The highest BCUT2D eigenvalue weighted by atomic mass is 35.5. The summed E-state index contributed by atoms with van der Waals surface area (Å²) in [5, 5.41) is 2.82. The van der Waals surface area contributed by atoms with Gasteiger partial charge in [0.15, 0.2) is 0 Å². The summed E-state index contributed by atoms with van der Waals surface area (Å²) in [6.45, 7) is 1.20. The molecule has 146 valence electrons. The Balaban J connectivity index is 1.60. The second kappa shape index (κ2) is 7.51. The molecule has 3 heterocycles. The Labute approximate surface area is 166 Å². The van der Waals surface area contributed by atoms with Gasteiger partial charge in [-0.05, 0) is 30.3 Å². The first-order valence-electron chi connectivity index (χ1n) is 8.57. The number of amides is 1. The van der Waals surface area contributed by atoms with Gasteiger partial charge in [0.05, 0.1) is 23.8 Å². The van der Waals surface area contributed by atoms with Crippen molar-refractivity contribution in [3.63, 3.8) is 0 Å². The average molecular weight is 421 g/mol. The number of hydrogen-bond acceptors (Lipinski definition) is 5. The molecule has 0 bridgehead atoms. The summed E-state index contributed by atoms with van der Waals surface area (Å²) in [5.41, 5.74) is 1.48. The molecule has 3 aromatic rings. The van der Waals surface area contributed by atoms with Gasteiger partial charge in [-0.15, -0.1) is 0 Å². The number of carbonyl (C=O) groups excluding carboxylic acids is 1. The number of carbonyl (C=O) groups is 1. The predicted molar refractivity (Wildman–Crippen MR) is 104 cm³/mol. The number of hydrogen-bond donors (Lipinski definition) is 1. The molecule has 8 nitrogen and oxygen atoms in total. The van der Waals surface area contributed by atoms with Gasteiger partial charge >= 0.3 is 0 Å². The molecule has 1 amide bonds. The van der Waals surface area contributed by atoms with Crippen LogP contribution in [0.1, 0.15) is 10.4 Å². The lowest BCUT2D eigenvalue weighted by Crippen LogP contribution is -2.40. The van der Waals surface area contributed by atoms with Crippen LogP contribution >= 0.6 is 11.6 Å². The van der Waals surface area contributed by atoms with Gasteiger partial charge in [0.2, 0.25) is 10.0 Å². The maximum absolute atomic E-state index is 12.9. The van der Waals surface area contributed by atoms with Crippen molar-refractivity contribution in [3.8, 4) is 0 Å². The average Bonchev–Trinajstić information content (AvgIpc) is 3.18. The second-order valence-corrected chi connectivity index (χ2v) is 8.54. The molecule has 1 aromatic carbocycles. The van der Waals surface area contributed by atoms with Crippen molar-refractivity contribution in [1.29, 1.82) is 0 Å².